The molecule has 0 atom stereocenters. The van der Waals surface area contributed by atoms with E-state index >= 15 is 0 Å². The lowest BCUT2D eigenvalue weighted by atomic mass is 9.84. The minimum Gasteiger partial charge on any atom is -0.373 e. The highest BCUT2D eigenvalue weighted by Crippen LogP contribution is 2.27. The van der Waals surface area contributed by atoms with Gasteiger partial charge in [-0.3, -0.25) is 4.79 Å². The molecule has 0 bridgehead atoms. The molecule has 5 heteroatoms. The molecule has 1 aliphatic carbocycles. The summed E-state index contributed by atoms with van der Waals surface area (Å²) in [5.74, 6) is 1.29. The summed E-state index contributed by atoms with van der Waals surface area (Å²) in [5.41, 5.74) is 0.302. The largest absolute Gasteiger partial charge is 0.373 e. The minimum atomic E-state index is -0.174. The van der Waals surface area contributed by atoms with Crippen molar-refractivity contribution >= 4 is 23.3 Å². The predicted octanol–water partition coefficient (Wildman–Crippen LogP) is 3.48. The van der Waals surface area contributed by atoms with Gasteiger partial charge in [-0.1, -0.05) is 24.9 Å². The molecule has 0 radical (unpaired) electrons. The highest BCUT2D eigenvalue weighted by molar-refractivity contribution is 6.33. The zero-order chi connectivity index (χ0) is 14.5. The van der Waals surface area contributed by atoms with Crippen LogP contribution < -0.4 is 10.6 Å². The van der Waals surface area contributed by atoms with E-state index in [9.17, 15) is 4.79 Å². The van der Waals surface area contributed by atoms with E-state index in [4.69, 9.17) is 11.6 Å². The number of nitrogens with one attached hydrogen (secondary N) is 2. The van der Waals surface area contributed by atoms with E-state index in [-0.39, 0.29) is 11.9 Å². The Hall–Kier alpha value is -1.29. The average molecular weight is 296 g/mol. The van der Waals surface area contributed by atoms with Crippen LogP contribution in [0.3, 0.4) is 0 Å². The van der Waals surface area contributed by atoms with E-state index < -0.39 is 0 Å². The van der Waals surface area contributed by atoms with Crippen molar-refractivity contribution in [3.05, 3.63) is 22.8 Å². The van der Waals surface area contributed by atoms with Crippen LogP contribution in [0.25, 0.3) is 0 Å². The standard InChI is InChI=1S/C15H22ClN3O/c1-3-10-4-6-11(7-5-10)18-15(20)14-12(16)8-9-13(17-2)19-14/h8-11H,3-7H2,1-2H3,(H,17,19)(H,18,20). The Balaban J connectivity index is 1.98. The zero-order valence-corrected chi connectivity index (χ0v) is 12.8. The van der Waals surface area contributed by atoms with Crippen LogP contribution in [-0.4, -0.2) is 24.0 Å². The third-order valence-corrected chi connectivity index (χ3v) is 4.38. The van der Waals surface area contributed by atoms with Crippen molar-refractivity contribution in [1.29, 1.82) is 0 Å². The summed E-state index contributed by atoms with van der Waals surface area (Å²) in [6.07, 6.45) is 5.72. The normalized spacial score (nSPS) is 22.4. The van der Waals surface area contributed by atoms with Gasteiger partial charge in [0.05, 0.1) is 5.02 Å². The second kappa shape index (κ2) is 6.93. The summed E-state index contributed by atoms with van der Waals surface area (Å²) < 4.78 is 0. The Kier molecular flexibility index (Phi) is 5.24. The fraction of sp³-hybridized carbons (Fsp3) is 0.600. The second-order valence-electron chi connectivity index (χ2n) is 5.38. The van der Waals surface area contributed by atoms with Crippen LogP contribution in [0.5, 0.6) is 0 Å². The number of carbonyl (C=O) groups is 1. The first-order valence-corrected chi connectivity index (χ1v) is 7.67. The molecule has 1 amide bonds. The second-order valence-corrected chi connectivity index (χ2v) is 5.78. The molecule has 0 aliphatic heterocycles. The fourth-order valence-corrected chi connectivity index (χ4v) is 2.90. The molecule has 110 valence electrons. The monoisotopic (exact) mass is 295 g/mol. The van der Waals surface area contributed by atoms with Crippen molar-refractivity contribution in [2.24, 2.45) is 5.92 Å². The van der Waals surface area contributed by atoms with Crippen molar-refractivity contribution < 1.29 is 4.79 Å². The van der Waals surface area contributed by atoms with Gasteiger partial charge in [0.25, 0.3) is 5.91 Å². The Morgan fingerprint density at radius 2 is 2.05 bits per heavy atom. The number of rotatable bonds is 4. The molecule has 1 aromatic heterocycles. The van der Waals surface area contributed by atoms with Gasteiger partial charge in [-0.15, -0.1) is 0 Å². The van der Waals surface area contributed by atoms with Crippen molar-refractivity contribution in [2.45, 2.75) is 45.1 Å². The van der Waals surface area contributed by atoms with Gasteiger partial charge in [-0.2, -0.15) is 0 Å². The number of carbonyl (C=O) groups excluding carboxylic acids is 1. The number of aromatic nitrogens is 1. The third-order valence-electron chi connectivity index (χ3n) is 4.08. The van der Waals surface area contributed by atoms with Crippen LogP contribution in [0.4, 0.5) is 5.82 Å². The SMILES string of the molecule is CCC1CCC(NC(=O)c2nc(NC)ccc2Cl)CC1. The number of hydrogen-bond acceptors (Lipinski definition) is 3. The highest BCUT2D eigenvalue weighted by Gasteiger charge is 2.23. The Bertz CT molecular complexity index is 470. The zero-order valence-electron chi connectivity index (χ0n) is 12.1. The molecule has 1 aromatic rings. The van der Waals surface area contributed by atoms with Crippen LogP contribution in [0.1, 0.15) is 49.5 Å². The molecule has 1 saturated carbocycles. The van der Waals surface area contributed by atoms with Crippen LogP contribution in [0, 0.1) is 5.92 Å². The molecule has 20 heavy (non-hydrogen) atoms. The van der Waals surface area contributed by atoms with Gasteiger partial charge < -0.3 is 10.6 Å². The van der Waals surface area contributed by atoms with E-state index in [1.54, 1.807) is 19.2 Å². The Labute approximate surface area is 125 Å². The minimum absolute atomic E-state index is 0.174. The van der Waals surface area contributed by atoms with Crippen molar-refractivity contribution in [2.75, 3.05) is 12.4 Å². The molecule has 4 nitrogen and oxygen atoms in total. The molecule has 0 saturated heterocycles. The van der Waals surface area contributed by atoms with Gasteiger partial charge in [-0.05, 0) is 43.7 Å². The summed E-state index contributed by atoms with van der Waals surface area (Å²) >= 11 is 6.06. The molecule has 1 heterocycles. The summed E-state index contributed by atoms with van der Waals surface area (Å²) in [6, 6.07) is 3.70. The molecule has 0 unspecified atom stereocenters. The van der Waals surface area contributed by atoms with Gasteiger partial charge >= 0.3 is 0 Å². The quantitative estimate of drug-likeness (QED) is 0.894. The summed E-state index contributed by atoms with van der Waals surface area (Å²) in [7, 11) is 1.77. The smallest absolute Gasteiger partial charge is 0.271 e. The topological polar surface area (TPSA) is 54.0 Å². The van der Waals surface area contributed by atoms with Crippen LogP contribution in [0.2, 0.25) is 5.02 Å². The first-order valence-electron chi connectivity index (χ1n) is 7.29. The first-order chi connectivity index (χ1) is 9.63. The average Bonchev–Trinajstić information content (AvgIpc) is 2.48. The molecule has 2 N–H and O–H groups in total. The van der Waals surface area contributed by atoms with Gasteiger partial charge in [0.15, 0.2) is 0 Å². The summed E-state index contributed by atoms with van der Waals surface area (Å²) in [4.78, 5) is 16.5. The first kappa shape index (κ1) is 15.1. The number of halogens is 1. The number of amides is 1. The molecular formula is C15H22ClN3O. The van der Waals surface area contributed by atoms with Gasteiger partial charge in [-0.25, -0.2) is 4.98 Å². The Morgan fingerprint density at radius 1 is 1.35 bits per heavy atom. The van der Waals surface area contributed by atoms with Crippen molar-refractivity contribution in [1.82, 2.24) is 10.3 Å². The van der Waals surface area contributed by atoms with Crippen molar-refractivity contribution in [3.8, 4) is 0 Å². The van der Waals surface area contributed by atoms with Gasteiger partial charge in [0, 0.05) is 13.1 Å². The van der Waals surface area contributed by atoms with Crippen LogP contribution in [0.15, 0.2) is 12.1 Å². The Morgan fingerprint density at radius 3 is 2.65 bits per heavy atom. The molecular weight excluding hydrogens is 274 g/mol. The maximum atomic E-state index is 12.3. The lowest BCUT2D eigenvalue weighted by Crippen LogP contribution is -2.38. The van der Waals surface area contributed by atoms with E-state index in [0.717, 1.165) is 18.8 Å². The summed E-state index contributed by atoms with van der Waals surface area (Å²) in [5, 5.41) is 6.37. The summed E-state index contributed by atoms with van der Waals surface area (Å²) in [6.45, 7) is 2.23. The number of pyridine rings is 1. The fourth-order valence-electron chi connectivity index (χ4n) is 2.71. The van der Waals surface area contributed by atoms with Crippen molar-refractivity contribution in [3.63, 3.8) is 0 Å². The molecule has 1 fully saturated rings. The van der Waals surface area contributed by atoms with E-state index in [1.165, 1.54) is 19.3 Å². The predicted molar refractivity (Wildman–Crippen MR) is 82.3 cm³/mol. The van der Waals surface area contributed by atoms with E-state index in [1.807, 2.05) is 0 Å². The van der Waals surface area contributed by atoms with Crippen LogP contribution >= 0.6 is 11.6 Å². The lowest BCUT2D eigenvalue weighted by Gasteiger charge is -2.28. The molecule has 1 aliphatic rings. The molecule has 0 spiro atoms. The highest BCUT2D eigenvalue weighted by atomic mass is 35.5. The lowest BCUT2D eigenvalue weighted by molar-refractivity contribution is 0.0917. The number of hydrogen-bond donors (Lipinski definition) is 2. The van der Waals surface area contributed by atoms with Gasteiger partial charge in [0.2, 0.25) is 0 Å². The third kappa shape index (κ3) is 3.63. The van der Waals surface area contributed by atoms with E-state index in [2.05, 4.69) is 22.5 Å². The molecule has 2 rings (SSSR count). The van der Waals surface area contributed by atoms with E-state index in [0.29, 0.717) is 16.5 Å². The maximum Gasteiger partial charge on any atom is 0.271 e. The van der Waals surface area contributed by atoms with Crippen LogP contribution in [-0.2, 0) is 0 Å². The maximum absolute atomic E-state index is 12.3. The number of nitrogens with zero attached hydrogens (tertiary/aromatic N) is 1. The van der Waals surface area contributed by atoms with Gasteiger partial charge in [0.1, 0.15) is 11.5 Å². The molecule has 0 aromatic carbocycles. The number of anilines is 1.